The number of ether oxygens (including phenoxy) is 2. The van der Waals surface area contributed by atoms with E-state index in [9.17, 15) is 0 Å². The summed E-state index contributed by atoms with van der Waals surface area (Å²) in [6.07, 6.45) is 24.0. The van der Waals surface area contributed by atoms with Crippen LogP contribution in [0.15, 0.2) is 12.2 Å². The number of hydrogen-bond donors (Lipinski definition) is 0. The number of hydrogen-bond acceptors (Lipinski definition) is 2. The van der Waals surface area contributed by atoms with Gasteiger partial charge in [-0.2, -0.15) is 0 Å². The maximum Gasteiger partial charge on any atom is 0.0877 e. The Hall–Kier alpha value is -0.340. The highest BCUT2D eigenvalue weighted by molar-refractivity contribution is 4.98. The lowest BCUT2D eigenvalue weighted by Crippen LogP contribution is -2.00. The van der Waals surface area contributed by atoms with E-state index in [1.165, 1.54) is 64.2 Å². The molecule has 23 heavy (non-hydrogen) atoms. The van der Waals surface area contributed by atoms with Crippen molar-refractivity contribution in [2.75, 3.05) is 0 Å². The molecule has 2 fully saturated rings. The zero-order chi connectivity index (χ0) is 16.3. The maximum absolute atomic E-state index is 5.73. The molecule has 0 bridgehead atoms. The van der Waals surface area contributed by atoms with Gasteiger partial charge in [0.25, 0.3) is 0 Å². The van der Waals surface area contributed by atoms with Crippen molar-refractivity contribution >= 4 is 0 Å². The molecule has 0 aromatic carbocycles. The summed E-state index contributed by atoms with van der Waals surface area (Å²) in [5.74, 6) is 0. The Kier molecular flexibility index (Phi) is 9.29. The first kappa shape index (κ1) is 19.0. The van der Waals surface area contributed by atoms with Crippen molar-refractivity contribution in [2.45, 2.75) is 122 Å². The van der Waals surface area contributed by atoms with Crippen LogP contribution in [0.1, 0.15) is 97.3 Å². The predicted octanol–water partition coefficient (Wildman–Crippen LogP) is 6.19. The third-order valence-electron chi connectivity index (χ3n) is 5.25. The molecule has 0 aromatic heterocycles. The summed E-state index contributed by atoms with van der Waals surface area (Å²) >= 11 is 0. The summed E-state index contributed by atoms with van der Waals surface area (Å²) < 4.78 is 11.3. The summed E-state index contributed by atoms with van der Waals surface area (Å²) in [5, 5.41) is 0. The molecule has 0 spiro atoms. The Labute approximate surface area is 144 Å². The third-order valence-corrected chi connectivity index (χ3v) is 5.25. The van der Waals surface area contributed by atoms with Crippen molar-refractivity contribution < 1.29 is 9.47 Å². The predicted molar refractivity (Wildman–Crippen MR) is 97.8 cm³/mol. The van der Waals surface area contributed by atoms with Crippen molar-refractivity contribution in [3.8, 4) is 0 Å². The topological polar surface area (TPSA) is 25.1 Å². The molecule has 0 N–H and O–H groups in total. The van der Waals surface area contributed by atoms with Gasteiger partial charge in [-0.15, -0.1) is 0 Å². The first-order valence-corrected chi connectivity index (χ1v) is 10.3. The molecule has 4 atom stereocenters. The van der Waals surface area contributed by atoms with E-state index < -0.39 is 0 Å². The first-order valence-electron chi connectivity index (χ1n) is 10.3. The minimum Gasteiger partial charge on any atom is -0.369 e. The van der Waals surface area contributed by atoms with Gasteiger partial charge in [-0.3, -0.25) is 0 Å². The van der Waals surface area contributed by atoms with Crippen LogP contribution >= 0.6 is 0 Å². The Morgan fingerprint density at radius 1 is 0.652 bits per heavy atom. The van der Waals surface area contributed by atoms with Crippen LogP contribution in [0.25, 0.3) is 0 Å². The van der Waals surface area contributed by atoms with E-state index in [4.69, 9.17) is 9.47 Å². The second kappa shape index (κ2) is 11.3. The van der Waals surface area contributed by atoms with Crippen LogP contribution in [-0.4, -0.2) is 24.4 Å². The summed E-state index contributed by atoms with van der Waals surface area (Å²) in [5.41, 5.74) is 0. The lowest BCUT2D eigenvalue weighted by Gasteiger charge is -2.00. The van der Waals surface area contributed by atoms with Gasteiger partial charge in [-0.05, 0) is 25.7 Å². The van der Waals surface area contributed by atoms with E-state index in [1.54, 1.807) is 0 Å². The standard InChI is InChI=1S/C21H38O2/c1-3-5-6-7-8-9-10-11-12-13-14-15-16-19-21(23-19)17-20-18(4-2)22-20/h14-15,18-21H,3-13,16-17H2,1-2H3/b15-14-/t18-,19+,20+,21-/m0/s1. The number of allylic oxidation sites excluding steroid dienone is 1. The van der Waals surface area contributed by atoms with E-state index in [-0.39, 0.29) is 0 Å². The largest absolute Gasteiger partial charge is 0.369 e. The van der Waals surface area contributed by atoms with E-state index in [0.29, 0.717) is 24.4 Å². The third kappa shape index (κ3) is 8.35. The van der Waals surface area contributed by atoms with Gasteiger partial charge in [-0.1, -0.05) is 77.4 Å². The Balaban J connectivity index is 1.31. The van der Waals surface area contributed by atoms with Crippen LogP contribution in [0.5, 0.6) is 0 Å². The van der Waals surface area contributed by atoms with E-state index in [0.717, 1.165) is 19.3 Å². The van der Waals surface area contributed by atoms with Gasteiger partial charge in [0, 0.05) is 6.42 Å². The summed E-state index contributed by atoms with van der Waals surface area (Å²) in [4.78, 5) is 0. The number of epoxide rings is 2. The van der Waals surface area contributed by atoms with E-state index >= 15 is 0 Å². The molecular formula is C21H38O2. The van der Waals surface area contributed by atoms with Crippen molar-refractivity contribution in [3.05, 3.63) is 12.2 Å². The van der Waals surface area contributed by atoms with Gasteiger partial charge in [0.05, 0.1) is 24.4 Å². The first-order chi connectivity index (χ1) is 11.3. The molecule has 2 heterocycles. The molecule has 0 radical (unpaired) electrons. The molecular weight excluding hydrogens is 284 g/mol. The fourth-order valence-electron chi connectivity index (χ4n) is 3.49. The van der Waals surface area contributed by atoms with Gasteiger partial charge in [0.15, 0.2) is 0 Å². The summed E-state index contributed by atoms with van der Waals surface area (Å²) in [6.45, 7) is 4.48. The monoisotopic (exact) mass is 322 g/mol. The highest BCUT2D eigenvalue weighted by atomic mass is 16.6. The molecule has 134 valence electrons. The van der Waals surface area contributed by atoms with Gasteiger partial charge in [0.2, 0.25) is 0 Å². The molecule has 2 aliphatic rings. The van der Waals surface area contributed by atoms with Crippen molar-refractivity contribution in [2.24, 2.45) is 0 Å². The van der Waals surface area contributed by atoms with Gasteiger partial charge >= 0.3 is 0 Å². The van der Waals surface area contributed by atoms with Gasteiger partial charge in [0.1, 0.15) is 0 Å². The molecule has 2 rings (SSSR count). The highest BCUT2D eigenvalue weighted by Gasteiger charge is 2.46. The average Bonchev–Trinajstić information content (AvgIpc) is 3.47. The van der Waals surface area contributed by atoms with Crippen LogP contribution in [0.2, 0.25) is 0 Å². The van der Waals surface area contributed by atoms with Crippen molar-refractivity contribution in [3.63, 3.8) is 0 Å². The Morgan fingerprint density at radius 2 is 1.26 bits per heavy atom. The molecule has 2 aliphatic heterocycles. The quantitative estimate of drug-likeness (QED) is 0.204. The molecule has 2 nitrogen and oxygen atoms in total. The number of unbranched alkanes of at least 4 members (excludes halogenated alkanes) is 9. The van der Waals surface area contributed by atoms with Gasteiger partial charge in [-0.25, -0.2) is 0 Å². The molecule has 2 saturated heterocycles. The maximum atomic E-state index is 5.73. The molecule has 0 saturated carbocycles. The SMILES string of the molecule is CCCCCCCCCCC/C=C\C[C@H]1O[C@H]1C[C@H]1O[C@H]1CC. The van der Waals surface area contributed by atoms with Crippen LogP contribution in [0, 0.1) is 0 Å². The zero-order valence-corrected chi connectivity index (χ0v) is 15.5. The Morgan fingerprint density at radius 3 is 1.91 bits per heavy atom. The van der Waals surface area contributed by atoms with Crippen LogP contribution < -0.4 is 0 Å². The smallest absolute Gasteiger partial charge is 0.0877 e. The zero-order valence-electron chi connectivity index (χ0n) is 15.5. The lowest BCUT2D eigenvalue weighted by molar-refractivity contribution is 0.323. The van der Waals surface area contributed by atoms with Crippen LogP contribution in [0.4, 0.5) is 0 Å². The molecule has 0 unspecified atom stereocenters. The van der Waals surface area contributed by atoms with E-state index in [2.05, 4.69) is 26.0 Å². The minimum atomic E-state index is 0.480. The Bertz CT molecular complexity index is 326. The molecule has 0 aromatic rings. The lowest BCUT2D eigenvalue weighted by atomic mass is 10.1. The molecule has 0 amide bonds. The second-order valence-corrected chi connectivity index (χ2v) is 7.39. The van der Waals surface area contributed by atoms with Crippen LogP contribution in [0.3, 0.4) is 0 Å². The molecule has 0 aliphatic carbocycles. The van der Waals surface area contributed by atoms with Crippen molar-refractivity contribution in [1.29, 1.82) is 0 Å². The average molecular weight is 323 g/mol. The second-order valence-electron chi connectivity index (χ2n) is 7.39. The molecule has 2 heteroatoms. The van der Waals surface area contributed by atoms with Crippen molar-refractivity contribution in [1.82, 2.24) is 0 Å². The number of rotatable bonds is 15. The van der Waals surface area contributed by atoms with Crippen LogP contribution in [-0.2, 0) is 9.47 Å². The van der Waals surface area contributed by atoms with E-state index in [1.807, 2.05) is 0 Å². The highest BCUT2D eigenvalue weighted by Crippen LogP contribution is 2.37. The summed E-state index contributed by atoms with van der Waals surface area (Å²) in [6, 6.07) is 0. The normalized spacial score (nSPS) is 29.3. The van der Waals surface area contributed by atoms with Gasteiger partial charge < -0.3 is 9.47 Å². The minimum absolute atomic E-state index is 0.480. The fraction of sp³-hybridized carbons (Fsp3) is 0.905. The fourth-order valence-corrected chi connectivity index (χ4v) is 3.49. The summed E-state index contributed by atoms with van der Waals surface area (Å²) in [7, 11) is 0.